The molecule has 0 aliphatic heterocycles. The highest BCUT2D eigenvalue weighted by molar-refractivity contribution is 5.92. The van der Waals surface area contributed by atoms with Gasteiger partial charge in [-0.05, 0) is 13.8 Å². The standard InChI is InChI=1S/C9H14N2O3/c1-3-11(4-5-12)9(13)8-7(2)10-6-14-8/h6,12H,3-5H2,1-2H3. The lowest BCUT2D eigenvalue weighted by molar-refractivity contribution is 0.0699. The van der Waals surface area contributed by atoms with Crippen LogP contribution < -0.4 is 0 Å². The molecule has 0 saturated carbocycles. The Hall–Kier alpha value is -1.36. The molecule has 0 unspecified atom stereocenters. The lowest BCUT2D eigenvalue weighted by atomic mass is 10.3. The molecule has 1 N–H and O–H groups in total. The summed E-state index contributed by atoms with van der Waals surface area (Å²) in [7, 11) is 0. The zero-order valence-electron chi connectivity index (χ0n) is 8.36. The van der Waals surface area contributed by atoms with Crippen LogP contribution in [0.2, 0.25) is 0 Å². The van der Waals surface area contributed by atoms with E-state index in [1.54, 1.807) is 6.92 Å². The Morgan fingerprint density at radius 3 is 2.86 bits per heavy atom. The number of aliphatic hydroxyl groups excluding tert-OH is 1. The summed E-state index contributed by atoms with van der Waals surface area (Å²) in [5, 5.41) is 8.74. The summed E-state index contributed by atoms with van der Waals surface area (Å²) in [5.41, 5.74) is 0.575. The normalized spacial score (nSPS) is 10.2. The second-order valence-electron chi connectivity index (χ2n) is 2.88. The number of aromatic nitrogens is 1. The zero-order valence-corrected chi connectivity index (χ0v) is 8.36. The SMILES string of the molecule is CCN(CCO)C(=O)c1ocnc1C. The van der Waals surface area contributed by atoms with Gasteiger partial charge in [0.15, 0.2) is 6.39 Å². The van der Waals surface area contributed by atoms with E-state index >= 15 is 0 Å². The van der Waals surface area contributed by atoms with Crippen LogP contribution in [0.15, 0.2) is 10.8 Å². The third-order valence-corrected chi connectivity index (χ3v) is 1.98. The van der Waals surface area contributed by atoms with Crippen molar-refractivity contribution in [2.24, 2.45) is 0 Å². The molecule has 1 aromatic rings. The van der Waals surface area contributed by atoms with Gasteiger partial charge in [0.05, 0.1) is 12.3 Å². The van der Waals surface area contributed by atoms with Crippen LogP contribution in [0.5, 0.6) is 0 Å². The molecule has 0 radical (unpaired) electrons. The quantitative estimate of drug-likeness (QED) is 0.762. The molecule has 1 amide bonds. The molecule has 1 aromatic heterocycles. The maximum atomic E-state index is 11.7. The Bertz CT molecular complexity index is 309. The van der Waals surface area contributed by atoms with E-state index in [9.17, 15) is 4.79 Å². The van der Waals surface area contributed by atoms with Crippen molar-refractivity contribution in [1.82, 2.24) is 9.88 Å². The minimum absolute atomic E-state index is 0.0488. The summed E-state index contributed by atoms with van der Waals surface area (Å²) in [4.78, 5) is 17.1. The van der Waals surface area contributed by atoms with Crippen LogP contribution in [0.3, 0.4) is 0 Å². The minimum Gasteiger partial charge on any atom is -0.438 e. The van der Waals surface area contributed by atoms with Gasteiger partial charge in [-0.25, -0.2) is 4.98 Å². The number of hydrogen-bond donors (Lipinski definition) is 1. The molecule has 0 atom stereocenters. The average Bonchev–Trinajstić information content (AvgIpc) is 2.59. The summed E-state index contributed by atoms with van der Waals surface area (Å²) in [6.07, 6.45) is 1.25. The largest absolute Gasteiger partial charge is 0.438 e. The van der Waals surface area contributed by atoms with Crippen LogP contribution in [0.4, 0.5) is 0 Å². The predicted octanol–water partition coefficient (Wildman–Crippen LogP) is 0.437. The number of aliphatic hydroxyl groups is 1. The summed E-state index contributed by atoms with van der Waals surface area (Å²) in [6, 6.07) is 0. The number of carbonyl (C=O) groups excluding carboxylic acids is 1. The maximum absolute atomic E-state index is 11.7. The monoisotopic (exact) mass is 198 g/mol. The van der Waals surface area contributed by atoms with E-state index in [1.807, 2.05) is 6.92 Å². The Labute approximate surface area is 82.4 Å². The zero-order chi connectivity index (χ0) is 10.6. The molecule has 5 heteroatoms. The van der Waals surface area contributed by atoms with Gasteiger partial charge >= 0.3 is 0 Å². The number of amides is 1. The fourth-order valence-corrected chi connectivity index (χ4v) is 1.17. The highest BCUT2D eigenvalue weighted by atomic mass is 16.3. The number of hydrogen-bond acceptors (Lipinski definition) is 4. The van der Waals surface area contributed by atoms with Crippen LogP contribution in [0, 0.1) is 6.92 Å². The van der Waals surface area contributed by atoms with E-state index in [4.69, 9.17) is 9.52 Å². The van der Waals surface area contributed by atoms with Crippen LogP contribution in [0.25, 0.3) is 0 Å². The second kappa shape index (κ2) is 4.76. The maximum Gasteiger partial charge on any atom is 0.291 e. The molecule has 0 aliphatic carbocycles. The van der Waals surface area contributed by atoms with Crippen LogP contribution in [-0.4, -0.2) is 40.6 Å². The molecule has 0 spiro atoms. The van der Waals surface area contributed by atoms with E-state index < -0.39 is 0 Å². The number of likely N-dealkylation sites (N-methyl/N-ethyl adjacent to an activating group) is 1. The summed E-state index contributed by atoms with van der Waals surface area (Å²) in [5.74, 6) is 0.0249. The summed E-state index contributed by atoms with van der Waals surface area (Å²) in [6.45, 7) is 4.37. The molecule has 0 bridgehead atoms. The average molecular weight is 198 g/mol. The molecule has 0 aromatic carbocycles. The first-order valence-corrected chi connectivity index (χ1v) is 4.51. The van der Waals surface area contributed by atoms with E-state index in [2.05, 4.69) is 4.98 Å². The van der Waals surface area contributed by atoms with E-state index in [-0.39, 0.29) is 18.3 Å². The molecule has 78 valence electrons. The van der Waals surface area contributed by atoms with Crippen molar-refractivity contribution in [3.63, 3.8) is 0 Å². The van der Waals surface area contributed by atoms with E-state index in [0.717, 1.165) is 0 Å². The third-order valence-electron chi connectivity index (χ3n) is 1.98. The topological polar surface area (TPSA) is 66.6 Å². The molecular weight excluding hydrogens is 184 g/mol. The summed E-state index contributed by atoms with van der Waals surface area (Å²) >= 11 is 0. The van der Waals surface area contributed by atoms with Crippen molar-refractivity contribution in [2.45, 2.75) is 13.8 Å². The summed E-state index contributed by atoms with van der Waals surface area (Å²) < 4.78 is 4.97. The van der Waals surface area contributed by atoms with Gasteiger partial charge in [0, 0.05) is 13.1 Å². The molecular formula is C9H14N2O3. The molecule has 1 rings (SSSR count). The fourth-order valence-electron chi connectivity index (χ4n) is 1.17. The Balaban J connectivity index is 2.78. The highest BCUT2D eigenvalue weighted by Gasteiger charge is 2.19. The Morgan fingerprint density at radius 2 is 2.43 bits per heavy atom. The Morgan fingerprint density at radius 1 is 1.71 bits per heavy atom. The van der Waals surface area contributed by atoms with Gasteiger partial charge in [0.2, 0.25) is 5.76 Å². The number of oxazole rings is 1. The smallest absolute Gasteiger partial charge is 0.291 e. The second-order valence-corrected chi connectivity index (χ2v) is 2.88. The van der Waals surface area contributed by atoms with Crippen molar-refractivity contribution in [3.05, 3.63) is 17.8 Å². The van der Waals surface area contributed by atoms with Crippen molar-refractivity contribution >= 4 is 5.91 Å². The molecule has 0 fully saturated rings. The van der Waals surface area contributed by atoms with Crippen molar-refractivity contribution < 1.29 is 14.3 Å². The lowest BCUT2D eigenvalue weighted by Crippen LogP contribution is -2.33. The minimum atomic E-state index is -0.225. The molecule has 0 saturated heterocycles. The number of carbonyl (C=O) groups is 1. The van der Waals surface area contributed by atoms with Gasteiger partial charge in [-0.3, -0.25) is 4.79 Å². The van der Waals surface area contributed by atoms with Crippen LogP contribution in [-0.2, 0) is 0 Å². The third kappa shape index (κ3) is 2.11. The molecule has 14 heavy (non-hydrogen) atoms. The Kier molecular flexibility index (Phi) is 3.64. The number of rotatable bonds is 4. The van der Waals surface area contributed by atoms with Crippen molar-refractivity contribution in [3.8, 4) is 0 Å². The highest BCUT2D eigenvalue weighted by Crippen LogP contribution is 2.08. The molecule has 1 heterocycles. The first kappa shape index (κ1) is 10.7. The van der Waals surface area contributed by atoms with Gasteiger partial charge in [0.25, 0.3) is 5.91 Å². The van der Waals surface area contributed by atoms with Crippen molar-refractivity contribution in [2.75, 3.05) is 19.7 Å². The van der Waals surface area contributed by atoms with Gasteiger partial charge in [-0.2, -0.15) is 0 Å². The predicted molar refractivity (Wildman–Crippen MR) is 49.9 cm³/mol. The van der Waals surface area contributed by atoms with E-state index in [1.165, 1.54) is 11.3 Å². The van der Waals surface area contributed by atoms with Gasteiger partial charge in [-0.15, -0.1) is 0 Å². The molecule has 5 nitrogen and oxygen atoms in total. The number of aryl methyl sites for hydroxylation is 1. The van der Waals surface area contributed by atoms with Gasteiger partial charge < -0.3 is 14.4 Å². The first-order valence-electron chi connectivity index (χ1n) is 4.51. The van der Waals surface area contributed by atoms with Crippen molar-refractivity contribution in [1.29, 1.82) is 0 Å². The molecule has 0 aliphatic rings. The van der Waals surface area contributed by atoms with E-state index in [0.29, 0.717) is 18.8 Å². The van der Waals surface area contributed by atoms with Gasteiger partial charge in [-0.1, -0.05) is 0 Å². The van der Waals surface area contributed by atoms with Crippen LogP contribution in [0.1, 0.15) is 23.2 Å². The number of nitrogens with zero attached hydrogens (tertiary/aromatic N) is 2. The fraction of sp³-hybridized carbons (Fsp3) is 0.556. The first-order chi connectivity index (χ1) is 6.70. The van der Waals surface area contributed by atoms with Crippen LogP contribution >= 0.6 is 0 Å². The van der Waals surface area contributed by atoms with Gasteiger partial charge in [0.1, 0.15) is 0 Å². The lowest BCUT2D eigenvalue weighted by Gasteiger charge is -2.17.